The first-order valence-electron chi connectivity index (χ1n) is 5.68. The molecule has 1 aromatic rings. The standard InChI is InChI=1S/C13H16N2O4/c1-13(2,3)19-12(18)15-11-9(7-14-8-16)5-4-6-10(11)17/h4-6,17H,7H2,1-3H3,(H,15,18). The number of aliphatic imine (C=N–C) groups is 1. The van der Waals surface area contributed by atoms with E-state index in [0.717, 1.165) is 0 Å². The van der Waals surface area contributed by atoms with Crippen molar-refractivity contribution in [3.63, 3.8) is 0 Å². The van der Waals surface area contributed by atoms with Gasteiger partial charge in [-0.2, -0.15) is 0 Å². The van der Waals surface area contributed by atoms with E-state index >= 15 is 0 Å². The summed E-state index contributed by atoms with van der Waals surface area (Å²) in [6.45, 7) is 5.21. The number of aromatic hydroxyl groups is 1. The smallest absolute Gasteiger partial charge is 0.412 e. The van der Waals surface area contributed by atoms with Gasteiger partial charge in [0.1, 0.15) is 11.4 Å². The van der Waals surface area contributed by atoms with Crippen LogP contribution in [0.3, 0.4) is 0 Å². The molecule has 6 nitrogen and oxygen atoms in total. The lowest BCUT2D eigenvalue weighted by molar-refractivity contribution is 0.0635. The molecule has 0 fully saturated rings. The number of rotatable bonds is 3. The number of anilines is 1. The van der Waals surface area contributed by atoms with Gasteiger partial charge in [-0.1, -0.05) is 12.1 Å². The fourth-order valence-electron chi connectivity index (χ4n) is 1.39. The lowest BCUT2D eigenvalue weighted by Crippen LogP contribution is -2.27. The van der Waals surface area contributed by atoms with Gasteiger partial charge in [-0.3, -0.25) is 5.32 Å². The second-order valence-electron chi connectivity index (χ2n) is 4.85. The van der Waals surface area contributed by atoms with Crippen LogP contribution in [0.4, 0.5) is 10.5 Å². The number of ether oxygens (including phenoxy) is 1. The van der Waals surface area contributed by atoms with Gasteiger partial charge < -0.3 is 9.84 Å². The average molecular weight is 264 g/mol. The van der Waals surface area contributed by atoms with Crippen LogP contribution in [0, 0.1) is 0 Å². The Hall–Kier alpha value is -2.33. The zero-order valence-electron chi connectivity index (χ0n) is 11.1. The van der Waals surface area contributed by atoms with E-state index in [4.69, 9.17) is 4.74 Å². The highest BCUT2D eigenvalue weighted by Gasteiger charge is 2.18. The number of nitrogens with zero attached hydrogens (tertiary/aromatic N) is 1. The Morgan fingerprint density at radius 3 is 2.74 bits per heavy atom. The molecule has 2 N–H and O–H groups in total. The number of phenols is 1. The van der Waals surface area contributed by atoms with E-state index in [1.807, 2.05) is 0 Å². The lowest BCUT2D eigenvalue weighted by Gasteiger charge is -2.20. The largest absolute Gasteiger partial charge is 0.506 e. The number of nitrogens with one attached hydrogen (secondary N) is 1. The maximum atomic E-state index is 11.7. The van der Waals surface area contributed by atoms with E-state index in [-0.39, 0.29) is 18.0 Å². The fraction of sp³-hybridized carbons (Fsp3) is 0.385. The minimum Gasteiger partial charge on any atom is -0.506 e. The van der Waals surface area contributed by atoms with Crippen molar-refractivity contribution in [1.29, 1.82) is 0 Å². The van der Waals surface area contributed by atoms with Crippen molar-refractivity contribution >= 4 is 17.9 Å². The van der Waals surface area contributed by atoms with E-state index in [2.05, 4.69) is 10.3 Å². The number of carbonyl (C=O) groups is 1. The number of carbonyl (C=O) groups excluding carboxylic acids is 2. The molecule has 19 heavy (non-hydrogen) atoms. The van der Waals surface area contributed by atoms with Crippen LogP contribution < -0.4 is 5.32 Å². The molecular formula is C13H16N2O4. The van der Waals surface area contributed by atoms with Gasteiger partial charge in [0.2, 0.25) is 6.08 Å². The summed E-state index contributed by atoms with van der Waals surface area (Å²) in [5.41, 5.74) is 0.0280. The first kappa shape index (κ1) is 14.7. The van der Waals surface area contributed by atoms with Gasteiger partial charge in [0.25, 0.3) is 0 Å². The van der Waals surface area contributed by atoms with Crippen molar-refractivity contribution in [1.82, 2.24) is 0 Å². The van der Waals surface area contributed by atoms with Gasteiger partial charge in [0.15, 0.2) is 0 Å². The summed E-state index contributed by atoms with van der Waals surface area (Å²) >= 11 is 0. The molecule has 0 atom stereocenters. The van der Waals surface area contributed by atoms with Crippen molar-refractivity contribution in [3.8, 4) is 5.75 Å². The molecule has 0 spiro atoms. The van der Waals surface area contributed by atoms with Crippen LogP contribution in [0.15, 0.2) is 23.2 Å². The first-order chi connectivity index (χ1) is 8.83. The molecule has 0 aliphatic heterocycles. The van der Waals surface area contributed by atoms with Crippen LogP contribution in [0.25, 0.3) is 0 Å². The molecule has 0 saturated heterocycles. The molecular weight excluding hydrogens is 248 g/mol. The van der Waals surface area contributed by atoms with Crippen molar-refractivity contribution in [2.45, 2.75) is 32.9 Å². The molecule has 0 heterocycles. The summed E-state index contributed by atoms with van der Waals surface area (Å²) in [6, 6.07) is 4.64. The molecule has 0 bridgehead atoms. The highest BCUT2D eigenvalue weighted by Crippen LogP contribution is 2.28. The van der Waals surface area contributed by atoms with Crippen LogP contribution in [0.1, 0.15) is 26.3 Å². The number of phenolic OH excluding ortho intramolecular Hbond substituents is 1. The zero-order valence-corrected chi connectivity index (χ0v) is 11.1. The molecule has 1 rings (SSSR count). The molecule has 0 aromatic heterocycles. The number of isocyanates is 1. The minimum atomic E-state index is -0.690. The molecule has 0 saturated carbocycles. The Bertz CT molecular complexity index is 514. The number of hydrogen-bond donors (Lipinski definition) is 2. The molecule has 0 aliphatic rings. The normalized spacial score (nSPS) is 10.5. The summed E-state index contributed by atoms with van der Waals surface area (Å²) in [4.78, 5) is 25.2. The van der Waals surface area contributed by atoms with Crippen LogP contribution in [-0.4, -0.2) is 22.9 Å². The third-order valence-electron chi connectivity index (χ3n) is 2.07. The molecule has 0 aliphatic carbocycles. The van der Waals surface area contributed by atoms with Crippen LogP contribution >= 0.6 is 0 Å². The summed E-state index contributed by atoms with van der Waals surface area (Å²) in [5, 5.41) is 12.2. The highest BCUT2D eigenvalue weighted by atomic mass is 16.6. The third-order valence-corrected chi connectivity index (χ3v) is 2.07. The first-order valence-corrected chi connectivity index (χ1v) is 5.68. The number of benzene rings is 1. The Kier molecular flexibility index (Phi) is 4.67. The molecule has 0 radical (unpaired) electrons. The SMILES string of the molecule is CC(C)(C)OC(=O)Nc1c(O)cccc1CN=C=O. The monoisotopic (exact) mass is 264 g/mol. The number of amides is 1. The Balaban J connectivity index is 2.93. The van der Waals surface area contributed by atoms with E-state index in [1.165, 1.54) is 12.1 Å². The van der Waals surface area contributed by atoms with Crippen LogP contribution in [0.5, 0.6) is 5.75 Å². The minimum absolute atomic E-state index is 0.0169. The Morgan fingerprint density at radius 1 is 1.47 bits per heavy atom. The van der Waals surface area contributed by atoms with Crippen molar-refractivity contribution in [2.24, 2.45) is 4.99 Å². The van der Waals surface area contributed by atoms with Gasteiger partial charge in [0, 0.05) is 5.56 Å². The Labute approximate surface area is 111 Å². The molecule has 6 heteroatoms. The summed E-state index contributed by atoms with van der Waals surface area (Å²) in [7, 11) is 0. The zero-order chi connectivity index (χ0) is 14.5. The van der Waals surface area contributed by atoms with Crippen LogP contribution in [0.2, 0.25) is 0 Å². The second-order valence-corrected chi connectivity index (χ2v) is 4.85. The average Bonchev–Trinajstić information content (AvgIpc) is 2.27. The maximum absolute atomic E-state index is 11.7. The van der Waals surface area contributed by atoms with E-state index in [0.29, 0.717) is 5.56 Å². The summed E-state index contributed by atoms with van der Waals surface area (Å²) < 4.78 is 5.09. The molecule has 1 amide bonds. The third kappa shape index (κ3) is 4.81. The molecule has 0 unspecified atom stereocenters. The quantitative estimate of drug-likeness (QED) is 0.499. The van der Waals surface area contributed by atoms with Gasteiger partial charge in [-0.15, -0.1) is 0 Å². The summed E-state index contributed by atoms with van der Waals surface area (Å²) in [6.07, 6.45) is 0.714. The van der Waals surface area contributed by atoms with Crippen molar-refractivity contribution < 1.29 is 19.4 Å². The van der Waals surface area contributed by atoms with Gasteiger partial charge in [0.05, 0.1) is 12.2 Å². The molecule has 102 valence electrons. The highest BCUT2D eigenvalue weighted by molar-refractivity contribution is 5.88. The predicted octanol–water partition coefficient (Wildman–Crippen LogP) is 2.58. The van der Waals surface area contributed by atoms with E-state index < -0.39 is 11.7 Å². The van der Waals surface area contributed by atoms with Crippen molar-refractivity contribution in [2.75, 3.05) is 5.32 Å². The summed E-state index contributed by atoms with van der Waals surface area (Å²) in [5.74, 6) is -0.121. The predicted molar refractivity (Wildman–Crippen MR) is 69.8 cm³/mol. The number of para-hydroxylation sites is 1. The van der Waals surface area contributed by atoms with Gasteiger partial charge in [-0.25, -0.2) is 14.6 Å². The lowest BCUT2D eigenvalue weighted by atomic mass is 10.1. The topological polar surface area (TPSA) is 88.0 Å². The Morgan fingerprint density at radius 2 is 2.16 bits per heavy atom. The number of hydrogen-bond acceptors (Lipinski definition) is 5. The van der Waals surface area contributed by atoms with E-state index in [1.54, 1.807) is 32.9 Å². The van der Waals surface area contributed by atoms with E-state index in [9.17, 15) is 14.7 Å². The maximum Gasteiger partial charge on any atom is 0.412 e. The fourth-order valence-corrected chi connectivity index (χ4v) is 1.39. The van der Waals surface area contributed by atoms with Crippen LogP contribution in [-0.2, 0) is 16.1 Å². The second kappa shape index (κ2) is 6.02. The van der Waals surface area contributed by atoms with Crippen molar-refractivity contribution in [3.05, 3.63) is 23.8 Å². The van der Waals surface area contributed by atoms with Gasteiger partial charge >= 0.3 is 6.09 Å². The molecule has 1 aromatic carbocycles. The van der Waals surface area contributed by atoms with Gasteiger partial charge in [-0.05, 0) is 26.8 Å².